The lowest BCUT2D eigenvalue weighted by atomic mass is 10.0. The molecule has 3 rings (SSSR count). The Kier molecular flexibility index (Phi) is 9.27. The fourth-order valence-electron chi connectivity index (χ4n) is 3.31. The fraction of sp³-hybridized carbons (Fsp3) is 0.214. The quantitative estimate of drug-likeness (QED) is 0.151. The lowest BCUT2D eigenvalue weighted by Gasteiger charge is -2.10. The van der Waals surface area contributed by atoms with E-state index in [1.54, 1.807) is 0 Å². The molecule has 0 aliphatic carbocycles. The summed E-state index contributed by atoms with van der Waals surface area (Å²) in [5.41, 5.74) is 3.92. The normalized spacial score (nSPS) is 11.9. The minimum Gasteiger partial charge on any atom is -0.494 e. The van der Waals surface area contributed by atoms with Crippen LogP contribution in [-0.2, 0) is 16.0 Å². The molecule has 0 fully saturated rings. The smallest absolute Gasteiger partial charge is 0.333 e. The second kappa shape index (κ2) is 12.8. The lowest BCUT2D eigenvalue weighted by Crippen LogP contribution is -2.24. The van der Waals surface area contributed by atoms with Crippen LogP contribution in [0.4, 0.5) is 0 Å². The summed E-state index contributed by atoms with van der Waals surface area (Å²) in [6.07, 6.45) is 0.953. The van der Waals surface area contributed by atoms with Crippen LogP contribution in [0, 0.1) is 11.8 Å². The Morgan fingerprint density at radius 3 is 2.26 bits per heavy atom. The number of rotatable bonds is 10. The number of aliphatic carboxylic acids is 1. The standard InChI is InChI=1S/C28H27NO5/c1-33-26(28(30)31)20-22-13-11-21(12-14-22)8-4-3-7-19-34-25-17-15-24(16-18-25)27(29-32)23-9-5-2-6-10-23/h2,5-6,9-18,26,32H,3,7,19-20H2,1H3,(H,30,31)/t26-/m0/s1. The van der Waals surface area contributed by atoms with Crippen LogP contribution in [0.3, 0.4) is 0 Å². The molecule has 0 amide bonds. The van der Waals surface area contributed by atoms with Crippen molar-refractivity contribution in [1.82, 2.24) is 0 Å². The van der Waals surface area contributed by atoms with Gasteiger partial charge in [0.2, 0.25) is 0 Å². The van der Waals surface area contributed by atoms with Crippen molar-refractivity contribution in [3.8, 4) is 17.6 Å². The van der Waals surface area contributed by atoms with E-state index in [1.807, 2.05) is 78.9 Å². The molecule has 3 aromatic carbocycles. The molecule has 34 heavy (non-hydrogen) atoms. The Balaban J connectivity index is 1.43. The molecule has 6 nitrogen and oxygen atoms in total. The van der Waals surface area contributed by atoms with Gasteiger partial charge in [-0.2, -0.15) is 0 Å². The first kappa shape index (κ1) is 24.6. The zero-order valence-corrected chi connectivity index (χ0v) is 19.0. The maximum atomic E-state index is 11.1. The summed E-state index contributed by atoms with van der Waals surface area (Å²) in [5.74, 6) is 6.02. The van der Waals surface area contributed by atoms with E-state index in [4.69, 9.17) is 14.6 Å². The molecule has 0 spiro atoms. The highest BCUT2D eigenvalue weighted by Crippen LogP contribution is 2.16. The van der Waals surface area contributed by atoms with Gasteiger partial charge in [-0.25, -0.2) is 4.79 Å². The average Bonchev–Trinajstić information content (AvgIpc) is 2.87. The largest absolute Gasteiger partial charge is 0.494 e. The number of carbonyl (C=O) groups is 1. The number of carboxylic acid groups (broad SMARTS) is 1. The van der Waals surface area contributed by atoms with Crippen molar-refractivity contribution < 1.29 is 24.6 Å². The Bertz CT molecular complexity index is 1140. The number of oxime groups is 1. The fourth-order valence-corrected chi connectivity index (χ4v) is 3.31. The van der Waals surface area contributed by atoms with Crippen molar-refractivity contribution in [1.29, 1.82) is 0 Å². The SMILES string of the molecule is CO[C@@H](Cc1ccc(C#CCCCOc2ccc(C(=NO)c3ccccc3)cc2)cc1)C(=O)O. The first-order chi connectivity index (χ1) is 16.6. The van der Waals surface area contributed by atoms with Crippen molar-refractivity contribution in [3.05, 3.63) is 101 Å². The second-order valence-corrected chi connectivity index (χ2v) is 7.56. The van der Waals surface area contributed by atoms with Crippen molar-refractivity contribution in [2.45, 2.75) is 25.4 Å². The Labute approximate surface area is 199 Å². The van der Waals surface area contributed by atoms with Gasteiger partial charge < -0.3 is 19.8 Å². The number of methoxy groups -OCH3 is 1. The molecule has 2 N–H and O–H groups in total. The number of hydrogen-bond acceptors (Lipinski definition) is 5. The van der Waals surface area contributed by atoms with Crippen LogP contribution in [0.25, 0.3) is 0 Å². The average molecular weight is 458 g/mol. The molecule has 0 radical (unpaired) electrons. The number of unbranched alkanes of at least 4 members (excludes halogenated alkanes) is 1. The summed E-state index contributed by atoms with van der Waals surface area (Å²) in [6.45, 7) is 0.542. The Morgan fingerprint density at radius 2 is 1.65 bits per heavy atom. The molecule has 0 bridgehead atoms. The third kappa shape index (κ3) is 7.22. The van der Waals surface area contributed by atoms with E-state index in [2.05, 4.69) is 17.0 Å². The highest BCUT2D eigenvalue weighted by atomic mass is 16.5. The van der Waals surface area contributed by atoms with Crippen LogP contribution in [0.1, 0.15) is 35.1 Å². The molecule has 174 valence electrons. The van der Waals surface area contributed by atoms with Gasteiger partial charge in [-0.05, 0) is 48.4 Å². The molecule has 6 heteroatoms. The summed E-state index contributed by atoms with van der Waals surface area (Å²) >= 11 is 0. The molecule has 0 unspecified atom stereocenters. The molecular formula is C28H27NO5. The van der Waals surface area contributed by atoms with Crippen LogP contribution in [0.5, 0.6) is 5.75 Å². The number of carboxylic acids is 1. The first-order valence-electron chi connectivity index (χ1n) is 10.9. The highest BCUT2D eigenvalue weighted by Gasteiger charge is 2.16. The summed E-state index contributed by atoms with van der Waals surface area (Å²) in [6, 6.07) is 24.5. The molecule has 3 aromatic rings. The number of ether oxygens (including phenoxy) is 2. The second-order valence-electron chi connectivity index (χ2n) is 7.56. The molecule has 1 atom stereocenters. The molecule has 0 aliphatic rings. The topological polar surface area (TPSA) is 88.4 Å². The third-order valence-electron chi connectivity index (χ3n) is 5.16. The molecular weight excluding hydrogens is 430 g/mol. The van der Waals surface area contributed by atoms with E-state index in [1.165, 1.54) is 7.11 Å². The number of hydrogen-bond donors (Lipinski definition) is 2. The van der Waals surface area contributed by atoms with Gasteiger partial charge in [0, 0.05) is 36.6 Å². The zero-order chi connectivity index (χ0) is 24.2. The summed E-state index contributed by atoms with van der Waals surface area (Å²) in [5, 5.41) is 21.9. The van der Waals surface area contributed by atoms with Crippen LogP contribution in [-0.4, -0.2) is 41.8 Å². The van der Waals surface area contributed by atoms with Crippen molar-refractivity contribution in [3.63, 3.8) is 0 Å². The lowest BCUT2D eigenvalue weighted by molar-refractivity contribution is -0.148. The maximum Gasteiger partial charge on any atom is 0.333 e. The van der Waals surface area contributed by atoms with E-state index in [0.29, 0.717) is 25.2 Å². The monoisotopic (exact) mass is 457 g/mol. The van der Waals surface area contributed by atoms with E-state index in [9.17, 15) is 10.0 Å². The van der Waals surface area contributed by atoms with Gasteiger partial charge in [0.05, 0.1) is 6.61 Å². The maximum absolute atomic E-state index is 11.1. The van der Waals surface area contributed by atoms with Crippen LogP contribution in [0.2, 0.25) is 0 Å². The van der Waals surface area contributed by atoms with E-state index >= 15 is 0 Å². The van der Waals surface area contributed by atoms with Crippen molar-refractivity contribution in [2.75, 3.05) is 13.7 Å². The van der Waals surface area contributed by atoms with E-state index in [0.717, 1.165) is 34.4 Å². The number of nitrogens with zero attached hydrogens (tertiary/aromatic N) is 1. The number of benzene rings is 3. The van der Waals surface area contributed by atoms with Gasteiger partial charge in [0.15, 0.2) is 6.10 Å². The Morgan fingerprint density at radius 1 is 0.971 bits per heavy atom. The molecule has 0 saturated carbocycles. The Hall–Kier alpha value is -4.08. The van der Waals surface area contributed by atoms with Crippen LogP contribution in [0.15, 0.2) is 84.0 Å². The summed E-state index contributed by atoms with van der Waals surface area (Å²) < 4.78 is 10.8. The summed E-state index contributed by atoms with van der Waals surface area (Å²) in [4.78, 5) is 11.1. The molecule has 0 saturated heterocycles. The van der Waals surface area contributed by atoms with Crippen LogP contribution < -0.4 is 4.74 Å². The molecule has 0 heterocycles. The van der Waals surface area contributed by atoms with Crippen molar-refractivity contribution in [2.24, 2.45) is 5.16 Å². The van der Waals surface area contributed by atoms with E-state index < -0.39 is 12.1 Å². The minimum absolute atomic E-state index is 0.318. The van der Waals surface area contributed by atoms with Crippen LogP contribution >= 0.6 is 0 Å². The van der Waals surface area contributed by atoms with Gasteiger partial charge >= 0.3 is 5.97 Å². The minimum atomic E-state index is -0.972. The van der Waals surface area contributed by atoms with Gasteiger partial charge in [-0.15, -0.1) is 0 Å². The van der Waals surface area contributed by atoms with Gasteiger partial charge in [0.25, 0.3) is 0 Å². The first-order valence-corrected chi connectivity index (χ1v) is 10.9. The van der Waals surface area contributed by atoms with Gasteiger partial charge in [0.1, 0.15) is 11.5 Å². The zero-order valence-electron chi connectivity index (χ0n) is 19.0. The predicted octanol–water partition coefficient (Wildman–Crippen LogP) is 4.77. The predicted molar refractivity (Wildman–Crippen MR) is 130 cm³/mol. The van der Waals surface area contributed by atoms with Gasteiger partial charge in [-0.1, -0.05) is 59.5 Å². The van der Waals surface area contributed by atoms with Crippen molar-refractivity contribution >= 4 is 11.7 Å². The summed E-state index contributed by atoms with van der Waals surface area (Å²) in [7, 11) is 1.39. The third-order valence-corrected chi connectivity index (χ3v) is 5.16. The molecule has 0 aliphatic heterocycles. The van der Waals surface area contributed by atoms with Gasteiger partial charge in [-0.3, -0.25) is 0 Å². The molecule has 0 aromatic heterocycles. The van der Waals surface area contributed by atoms with E-state index in [-0.39, 0.29) is 0 Å². The highest BCUT2D eigenvalue weighted by molar-refractivity contribution is 6.12.